The first-order valence-corrected chi connectivity index (χ1v) is 33.5. The normalized spacial score (nSPS) is 23.9. The Morgan fingerprint density at radius 3 is 1.20 bits per heavy atom. The van der Waals surface area contributed by atoms with Gasteiger partial charge in [0.1, 0.15) is 54.9 Å². The third-order valence-electron chi connectivity index (χ3n) is 15.3. The topological polar surface area (TPSA) is 214 Å². The highest BCUT2D eigenvalue weighted by atomic mass is 16.7. The summed E-state index contributed by atoms with van der Waals surface area (Å²) >= 11 is 0. The second-order valence-electron chi connectivity index (χ2n) is 22.9. The predicted octanol–water partition coefficient (Wildman–Crippen LogP) is 13.9. The summed E-state index contributed by atoms with van der Waals surface area (Å²) in [5.41, 5.74) is 0. The number of hydrogen-bond acceptors (Lipinski definition) is 14. The molecule has 2 rings (SSSR count). The van der Waals surface area contributed by atoms with E-state index in [1.54, 1.807) is 0 Å². The van der Waals surface area contributed by atoms with Crippen LogP contribution in [-0.2, 0) is 33.2 Å². The van der Waals surface area contributed by atoms with Gasteiger partial charge in [-0.1, -0.05) is 232 Å². The van der Waals surface area contributed by atoms with Crippen molar-refractivity contribution in [3.8, 4) is 0 Å². The van der Waals surface area contributed by atoms with Crippen LogP contribution in [0.25, 0.3) is 0 Å². The Hall–Kier alpha value is -3.35. The molecule has 0 aromatic rings. The summed E-state index contributed by atoms with van der Waals surface area (Å²) in [5, 5.41) is 72.6. The molecule has 11 unspecified atom stereocenters. The van der Waals surface area contributed by atoms with E-state index in [-0.39, 0.29) is 25.6 Å². The molecule has 2 aliphatic heterocycles. The fourth-order valence-corrected chi connectivity index (χ4v) is 9.94. The Morgan fingerprint density at radius 2 is 0.765 bits per heavy atom. The molecular formula is C71H120O14. The maximum Gasteiger partial charge on any atom is 0.306 e. The average molecular weight is 1200 g/mol. The molecule has 0 aromatic heterocycles. The van der Waals surface area contributed by atoms with Crippen molar-refractivity contribution in [3.05, 3.63) is 109 Å². The Labute approximate surface area is 514 Å². The van der Waals surface area contributed by atoms with Crippen molar-refractivity contribution in [2.24, 2.45) is 0 Å². The fourth-order valence-electron chi connectivity index (χ4n) is 9.94. The van der Waals surface area contributed by atoms with Crippen LogP contribution in [0.4, 0.5) is 0 Å². The third-order valence-corrected chi connectivity index (χ3v) is 15.3. The molecule has 14 nitrogen and oxygen atoms in total. The lowest BCUT2D eigenvalue weighted by atomic mass is 9.98. The first-order valence-electron chi connectivity index (χ1n) is 33.5. The molecule has 0 aromatic carbocycles. The van der Waals surface area contributed by atoms with E-state index in [4.69, 9.17) is 28.4 Å². The van der Waals surface area contributed by atoms with Gasteiger partial charge in [-0.15, -0.1) is 0 Å². The molecule has 0 bridgehead atoms. The Bertz CT molecular complexity index is 1820. The number of unbranched alkanes of at least 4 members (excludes halogenated alkanes) is 22. The Kier molecular flexibility index (Phi) is 51.2. The van der Waals surface area contributed by atoms with Gasteiger partial charge < -0.3 is 64.2 Å². The minimum atomic E-state index is -1.72. The zero-order valence-corrected chi connectivity index (χ0v) is 52.8. The average Bonchev–Trinajstić information content (AvgIpc) is 2.82. The number of hydrogen-bond donors (Lipinski definition) is 7. The van der Waals surface area contributed by atoms with Crippen LogP contribution in [0.15, 0.2) is 109 Å². The molecule has 0 aliphatic carbocycles. The van der Waals surface area contributed by atoms with E-state index in [1.165, 1.54) is 103 Å². The summed E-state index contributed by atoms with van der Waals surface area (Å²) in [6, 6.07) is 0. The lowest BCUT2D eigenvalue weighted by Crippen LogP contribution is -2.61. The lowest BCUT2D eigenvalue weighted by Gasteiger charge is -2.42. The lowest BCUT2D eigenvalue weighted by molar-refractivity contribution is -0.332. The Balaban J connectivity index is 1.68. The van der Waals surface area contributed by atoms with Gasteiger partial charge in [-0.25, -0.2) is 0 Å². The van der Waals surface area contributed by atoms with Gasteiger partial charge in [0.2, 0.25) is 0 Å². The van der Waals surface area contributed by atoms with Gasteiger partial charge in [0.25, 0.3) is 0 Å². The number of carbonyl (C=O) groups excluding carboxylic acids is 1. The second-order valence-corrected chi connectivity index (χ2v) is 22.9. The molecule has 2 heterocycles. The third kappa shape index (κ3) is 41.5. The number of allylic oxidation sites excluding steroid dienone is 18. The Morgan fingerprint density at radius 1 is 0.400 bits per heavy atom. The molecule has 2 aliphatic rings. The van der Waals surface area contributed by atoms with E-state index in [9.17, 15) is 40.5 Å². The number of ether oxygens (including phenoxy) is 6. The van der Waals surface area contributed by atoms with Crippen LogP contribution in [-0.4, -0.2) is 142 Å². The number of aliphatic hydroxyl groups excluding tert-OH is 7. The summed E-state index contributed by atoms with van der Waals surface area (Å²) in [4.78, 5) is 13.1. The molecule has 2 fully saturated rings. The van der Waals surface area contributed by atoms with Crippen LogP contribution in [0.1, 0.15) is 232 Å². The highest BCUT2D eigenvalue weighted by Crippen LogP contribution is 2.27. The largest absolute Gasteiger partial charge is 0.457 e. The highest BCUT2D eigenvalue weighted by Gasteiger charge is 2.47. The maximum absolute atomic E-state index is 13.1. The minimum Gasteiger partial charge on any atom is -0.457 e. The van der Waals surface area contributed by atoms with Crippen LogP contribution in [0.2, 0.25) is 0 Å². The SMILES string of the molecule is CC/C=C\C/C=C\C/C=C\C/C=C\C/C=C\C/C=C\C/C=C\CCCCCCOCC(COC1OC(COC2OC(CO)C(O)C(O)C2O)C(O)C(O)C1O)OC(=O)CCCCCCCCCCCCCCC/C=C\C/C=C\CCCCCCC. The van der Waals surface area contributed by atoms with Crippen molar-refractivity contribution in [1.29, 1.82) is 0 Å². The zero-order chi connectivity index (χ0) is 61.5. The van der Waals surface area contributed by atoms with Crippen molar-refractivity contribution in [1.82, 2.24) is 0 Å². The molecule has 0 saturated carbocycles. The van der Waals surface area contributed by atoms with E-state index in [0.29, 0.717) is 13.0 Å². The molecule has 0 radical (unpaired) electrons. The summed E-state index contributed by atoms with van der Waals surface area (Å²) in [5.74, 6) is -0.389. The highest BCUT2D eigenvalue weighted by molar-refractivity contribution is 5.69. The summed E-state index contributed by atoms with van der Waals surface area (Å²) in [7, 11) is 0. The van der Waals surface area contributed by atoms with Gasteiger partial charge in [0.05, 0.1) is 26.4 Å². The minimum absolute atomic E-state index is 0.0377. The molecule has 0 spiro atoms. The summed E-state index contributed by atoms with van der Waals surface area (Å²) < 4.78 is 34.5. The van der Waals surface area contributed by atoms with Gasteiger partial charge in [-0.2, -0.15) is 0 Å². The van der Waals surface area contributed by atoms with Gasteiger partial charge in [0, 0.05) is 13.0 Å². The first-order chi connectivity index (χ1) is 41.6. The van der Waals surface area contributed by atoms with Crippen LogP contribution < -0.4 is 0 Å². The monoisotopic (exact) mass is 1200 g/mol. The number of carbonyl (C=O) groups is 1. The number of aliphatic hydroxyl groups is 7. The van der Waals surface area contributed by atoms with Crippen LogP contribution in [0.5, 0.6) is 0 Å². The summed E-state index contributed by atoms with van der Waals surface area (Å²) in [6.45, 7) is 3.51. The van der Waals surface area contributed by atoms with Crippen molar-refractivity contribution in [2.75, 3.05) is 33.0 Å². The van der Waals surface area contributed by atoms with Crippen molar-refractivity contribution >= 4 is 5.97 Å². The molecule has 2 saturated heterocycles. The van der Waals surface area contributed by atoms with E-state index in [0.717, 1.165) is 103 Å². The van der Waals surface area contributed by atoms with Crippen LogP contribution in [0.3, 0.4) is 0 Å². The van der Waals surface area contributed by atoms with Gasteiger partial charge in [-0.05, 0) is 103 Å². The quantitative estimate of drug-likeness (QED) is 0.0171. The van der Waals surface area contributed by atoms with Crippen LogP contribution in [0, 0.1) is 0 Å². The molecule has 11 atom stereocenters. The molecule has 7 N–H and O–H groups in total. The maximum atomic E-state index is 13.1. The van der Waals surface area contributed by atoms with Gasteiger partial charge >= 0.3 is 5.97 Å². The van der Waals surface area contributed by atoms with Crippen molar-refractivity contribution in [3.63, 3.8) is 0 Å². The fraction of sp³-hybridized carbons (Fsp3) is 0.732. The van der Waals surface area contributed by atoms with Gasteiger partial charge in [-0.3, -0.25) is 4.79 Å². The van der Waals surface area contributed by atoms with Crippen molar-refractivity contribution in [2.45, 2.75) is 300 Å². The smallest absolute Gasteiger partial charge is 0.306 e. The summed E-state index contributed by atoms with van der Waals surface area (Å²) in [6.07, 6.45) is 61.5. The molecular weight excluding hydrogens is 1080 g/mol. The first kappa shape index (κ1) is 77.7. The second kappa shape index (κ2) is 55.9. The van der Waals surface area contributed by atoms with E-state index >= 15 is 0 Å². The molecule has 85 heavy (non-hydrogen) atoms. The van der Waals surface area contributed by atoms with Gasteiger partial charge in [0.15, 0.2) is 12.6 Å². The number of rotatable bonds is 54. The van der Waals surface area contributed by atoms with E-state index < -0.39 is 80.7 Å². The van der Waals surface area contributed by atoms with E-state index in [1.807, 2.05) is 0 Å². The predicted molar refractivity (Wildman–Crippen MR) is 344 cm³/mol. The zero-order valence-electron chi connectivity index (χ0n) is 52.8. The van der Waals surface area contributed by atoms with E-state index in [2.05, 4.69) is 123 Å². The molecule has 0 amide bonds. The molecule has 14 heteroatoms. The van der Waals surface area contributed by atoms with Crippen molar-refractivity contribution < 1.29 is 69.0 Å². The van der Waals surface area contributed by atoms with Crippen LogP contribution >= 0.6 is 0 Å². The molecule has 488 valence electrons. The standard InChI is InChI=1S/C71H120O14/c1-3-5-7-9-11-13-15-17-19-21-23-25-27-29-31-33-35-37-39-41-43-45-47-49-51-53-55-80-57-60(58-81-70-69(79)67(77)65(75)62(85-70)59-82-71-68(78)66(76)64(74)61(56-72)84-71)83-63(73)54-52-50-48-46-44-42-40-38-36-34-32-30-28-26-24-22-20-18-16-14-12-10-8-6-4-2/h5,7,11,13,16-19,22-25,29,31,35,37,41,43,60-62,64-72,74-79H,3-4,6,8-10,12,14-15,20-21,26-28,30,32-34,36,38-40,42,44-59H2,1-2H3/b7-5-,13-11-,18-16-,19-17-,24-22-,25-23-,31-29-,37-35-,43-41-. The number of esters is 1.